The maximum absolute atomic E-state index is 13.5. The van der Waals surface area contributed by atoms with Crippen molar-refractivity contribution in [1.29, 1.82) is 0 Å². The first-order chi connectivity index (χ1) is 17.8. The zero-order chi connectivity index (χ0) is 28.0. The van der Waals surface area contributed by atoms with Crippen LogP contribution in [0.5, 0.6) is 5.75 Å². The number of hydrogen-bond donors (Lipinski definition) is 2. The molecular formula is C25H29ClFN5O6. The fourth-order valence-corrected chi connectivity index (χ4v) is 3.77. The van der Waals surface area contributed by atoms with E-state index in [4.69, 9.17) is 21.1 Å². The molecule has 0 aliphatic heterocycles. The molecular weight excluding hydrogens is 521 g/mol. The molecule has 1 heterocycles. The van der Waals surface area contributed by atoms with Crippen molar-refractivity contribution in [1.82, 2.24) is 14.9 Å². The number of aliphatic hydroxyl groups excluding tert-OH is 1. The number of aromatic nitrogens is 2. The predicted molar refractivity (Wildman–Crippen MR) is 140 cm³/mol. The van der Waals surface area contributed by atoms with Crippen LogP contribution in [0.3, 0.4) is 0 Å². The van der Waals surface area contributed by atoms with Crippen LogP contribution in [0, 0.1) is 15.9 Å². The van der Waals surface area contributed by atoms with E-state index in [1.807, 2.05) is 0 Å². The van der Waals surface area contributed by atoms with Gasteiger partial charge in [-0.25, -0.2) is 14.4 Å². The Hall–Kier alpha value is -3.61. The summed E-state index contributed by atoms with van der Waals surface area (Å²) in [5, 5.41) is 24.9. The van der Waals surface area contributed by atoms with Crippen LogP contribution in [0.1, 0.15) is 27.7 Å². The molecule has 0 bridgehead atoms. The molecule has 38 heavy (non-hydrogen) atoms. The fraction of sp³-hybridized carbons (Fsp3) is 0.400. The zero-order valence-electron chi connectivity index (χ0n) is 21.4. The third-order valence-electron chi connectivity index (χ3n) is 5.06. The molecule has 0 amide bonds. The van der Waals surface area contributed by atoms with Crippen LogP contribution >= 0.6 is 11.6 Å². The van der Waals surface area contributed by atoms with E-state index in [9.17, 15) is 24.4 Å². The molecule has 204 valence electrons. The largest absolute Gasteiger partial charge is 0.485 e. The average molecular weight is 550 g/mol. The van der Waals surface area contributed by atoms with Crippen LogP contribution in [0.15, 0.2) is 36.7 Å². The summed E-state index contributed by atoms with van der Waals surface area (Å²) < 4.78 is 24.6. The van der Waals surface area contributed by atoms with Gasteiger partial charge in [0.05, 0.1) is 33.5 Å². The first kappa shape index (κ1) is 29.0. The highest BCUT2D eigenvalue weighted by Crippen LogP contribution is 2.35. The molecule has 3 aromatic rings. The van der Waals surface area contributed by atoms with E-state index in [0.717, 1.165) is 0 Å². The molecule has 0 saturated carbocycles. The molecule has 0 unspecified atom stereocenters. The lowest BCUT2D eigenvalue weighted by atomic mass is 10.2. The predicted octanol–water partition coefficient (Wildman–Crippen LogP) is 4.48. The minimum absolute atomic E-state index is 0.00780. The number of hydrogen-bond acceptors (Lipinski definition) is 10. The van der Waals surface area contributed by atoms with Crippen molar-refractivity contribution < 1.29 is 28.7 Å². The van der Waals surface area contributed by atoms with Crippen molar-refractivity contribution in [2.45, 2.75) is 39.4 Å². The Morgan fingerprint density at radius 3 is 2.66 bits per heavy atom. The molecule has 1 aromatic heterocycles. The number of nitro groups is 1. The normalized spacial score (nSPS) is 12.4. The molecule has 2 N–H and O–H groups in total. The number of anilines is 2. The van der Waals surface area contributed by atoms with E-state index in [1.165, 1.54) is 36.7 Å². The summed E-state index contributed by atoms with van der Waals surface area (Å²) in [6.07, 6.45) is 0.558. The van der Waals surface area contributed by atoms with Crippen LogP contribution in [0.2, 0.25) is 5.02 Å². The smallest absolute Gasteiger partial charge is 0.320 e. The van der Waals surface area contributed by atoms with Crippen LogP contribution < -0.4 is 10.1 Å². The van der Waals surface area contributed by atoms with E-state index in [-0.39, 0.29) is 48.5 Å². The summed E-state index contributed by atoms with van der Waals surface area (Å²) in [7, 11) is 0. The Labute approximate surface area is 223 Å². The summed E-state index contributed by atoms with van der Waals surface area (Å²) >= 11 is 5.84. The molecule has 0 aliphatic carbocycles. The minimum atomic E-state index is -0.717. The maximum atomic E-state index is 13.5. The Bertz CT molecular complexity index is 1320. The fourth-order valence-electron chi connectivity index (χ4n) is 3.59. The van der Waals surface area contributed by atoms with Crippen LogP contribution in [-0.2, 0) is 9.53 Å². The number of aliphatic hydroxyl groups is 1. The van der Waals surface area contributed by atoms with Gasteiger partial charge < -0.3 is 19.9 Å². The van der Waals surface area contributed by atoms with Crippen LogP contribution in [-0.4, -0.2) is 68.8 Å². The van der Waals surface area contributed by atoms with E-state index in [1.54, 1.807) is 32.6 Å². The Morgan fingerprint density at radius 2 is 2.03 bits per heavy atom. The number of rotatable bonds is 11. The van der Waals surface area contributed by atoms with Crippen molar-refractivity contribution in [3.05, 3.63) is 57.6 Å². The van der Waals surface area contributed by atoms with Gasteiger partial charge in [-0.15, -0.1) is 0 Å². The lowest BCUT2D eigenvalue weighted by molar-refractivity contribution is -0.385. The van der Waals surface area contributed by atoms with E-state index in [2.05, 4.69) is 15.3 Å². The highest BCUT2D eigenvalue weighted by molar-refractivity contribution is 6.31. The minimum Gasteiger partial charge on any atom is -0.485 e. The number of carbonyl (C=O) groups is 1. The highest BCUT2D eigenvalue weighted by Gasteiger charge is 2.22. The van der Waals surface area contributed by atoms with Gasteiger partial charge in [0.2, 0.25) is 0 Å². The summed E-state index contributed by atoms with van der Waals surface area (Å²) in [6.45, 7) is 7.14. The van der Waals surface area contributed by atoms with Gasteiger partial charge in [-0.05, 0) is 45.9 Å². The summed E-state index contributed by atoms with van der Waals surface area (Å²) in [6, 6.07) is 6.72. The summed E-state index contributed by atoms with van der Waals surface area (Å²) in [5.41, 5.74) is -0.177. The summed E-state index contributed by atoms with van der Waals surface area (Å²) in [4.78, 5) is 33.5. The zero-order valence-corrected chi connectivity index (χ0v) is 22.2. The molecule has 0 aliphatic rings. The number of esters is 1. The molecule has 0 spiro atoms. The number of ether oxygens (including phenoxy) is 2. The third kappa shape index (κ3) is 8.20. The van der Waals surface area contributed by atoms with Gasteiger partial charge in [0, 0.05) is 30.9 Å². The molecule has 1 atom stereocenters. The van der Waals surface area contributed by atoms with Crippen molar-refractivity contribution in [3.63, 3.8) is 0 Å². The third-order valence-corrected chi connectivity index (χ3v) is 5.34. The van der Waals surface area contributed by atoms with Crippen molar-refractivity contribution in [2.24, 2.45) is 0 Å². The Kier molecular flexibility index (Phi) is 9.36. The van der Waals surface area contributed by atoms with E-state index < -0.39 is 28.4 Å². The monoisotopic (exact) mass is 549 g/mol. The average Bonchev–Trinajstić information content (AvgIpc) is 2.79. The molecule has 13 heteroatoms. The molecule has 3 rings (SSSR count). The second-order valence-electron chi connectivity index (χ2n) is 9.59. The SMILES string of the molecule is C[C@H](O)CN(CCOc1cc2ncnc(Nc3ccc(F)c(Cl)c3)c2cc1[N+](=O)[O-])CC(=O)OC(C)(C)C. The van der Waals surface area contributed by atoms with E-state index in [0.29, 0.717) is 16.6 Å². The summed E-state index contributed by atoms with van der Waals surface area (Å²) in [5.74, 6) is -0.812. The number of carbonyl (C=O) groups excluding carboxylic acids is 1. The molecule has 0 saturated heterocycles. The highest BCUT2D eigenvalue weighted by atomic mass is 35.5. The van der Waals surface area contributed by atoms with Crippen molar-refractivity contribution in [3.8, 4) is 5.75 Å². The number of halogens is 2. The van der Waals surface area contributed by atoms with Crippen molar-refractivity contribution >= 4 is 45.7 Å². The lowest BCUT2D eigenvalue weighted by Gasteiger charge is -2.25. The molecule has 2 aromatic carbocycles. The maximum Gasteiger partial charge on any atom is 0.320 e. The molecule has 11 nitrogen and oxygen atoms in total. The second kappa shape index (κ2) is 12.3. The van der Waals surface area contributed by atoms with Gasteiger partial charge in [0.25, 0.3) is 0 Å². The number of benzene rings is 2. The van der Waals surface area contributed by atoms with Gasteiger partial charge in [-0.1, -0.05) is 11.6 Å². The van der Waals surface area contributed by atoms with Crippen LogP contribution in [0.4, 0.5) is 21.6 Å². The van der Waals surface area contributed by atoms with Gasteiger partial charge >= 0.3 is 11.7 Å². The number of fused-ring (bicyclic) bond motifs is 1. The van der Waals surface area contributed by atoms with Gasteiger partial charge in [-0.2, -0.15) is 0 Å². The lowest BCUT2D eigenvalue weighted by Crippen LogP contribution is -2.40. The first-order valence-corrected chi connectivity index (χ1v) is 12.1. The molecule has 0 fully saturated rings. The number of nitrogens with zero attached hydrogens (tertiary/aromatic N) is 4. The number of nitro benzene ring substituents is 1. The van der Waals surface area contributed by atoms with Gasteiger partial charge in [0.15, 0.2) is 5.75 Å². The van der Waals surface area contributed by atoms with Gasteiger partial charge in [-0.3, -0.25) is 19.8 Å². The molecule has 0 radical (unpaired) electrons. The van der Waals surface area contributed by atoms with Gasteiger partial charge in [0.1, 0.15) is 30.2 Å². The van der Waals surface area contributed by atoms with E-state index >= 15 is 0 Å². The Balaban J connectivity index is 1.80. The second-order valence-corrected chi connectivity index (χ2v) is 10.00. The number of nitrogens with one attached hydrogen (secondary N) is 1. The quantitative estimate of drug-likeness (QED) is 0.200. The topological polar surface area (TPSA) is 140 Å². The first-order valence-electron chi connectivity index (χ1n) is 11.7. The van der Waals surface area contributed by atoms with Crippen LogP contribution in [0.25, 0.3) is 10.9 Å². The van der Waals surface area contributed by atoms with Crippen molar-refractivity contribution in [2.75, 3.05) is 31.6 Å². The standard InChI is InChI=1S/C25H29ClFN5O6/c1-15(33)12-31(13-23(34)38-25(2,3)4)7-8-37-22-11-20-17(10-21(22)32(35)36)24(29-14-28-20)30-16-5-6-19(27)18(26)9-16/h5-6,9-11,14-15,33H,7-8,12-13H2,1-4H3,(H,28,29,30)/t15-/m0/s1. The Morgan fingerprint density at radius 1 is 1.29 bits per heavy atom.